The van der Waals surface area contributed by atoms with Gasteiger partial charge in [0.15, 0.2) is 5.17 Å². The minimum atomic E-state index is -0.545. The lowest BCUT2D eigenvalue weighted by Gasteiger charge is -2.36. The monoisotopic (exact) mass is 459 g/mol. The Balaban J connectivity index is 2.07. The van der Waals surface area contributed by atoms with E-state index in [0.29, 0.717) is 27.9 Å². The molecule has 1 N–H and O–H groups in total. The fourth-order valence-corrected chi connectivity index (χ4v) is 4.60. The van der Waals surface area contributed by atoms with E-state index < -0.39 is 12.0 Å². The number of aliphatic imine (C=N–C) groups is 1. The number of hydrogen-bond donors (Lipinski definition) is 1. The lowest BCUT2D eigenvalue weighted by molar-refractivity contribution is -0.136. The Morgan fingerprint density at radius 2 is 1.84 bits per heavy atom. The highest BCUT2D eigenvalue weighted by Gasteiger charge is 2.41. The summed E-state index contributed by atoms with van der Waals surface area (Å²) in [6, 6.07) is 5.01. The van der Waals surface area contributed by atoms with Crippen LogP contribution in [0.25, 0.3) is 0 Å². The first-order valence-electron chi connectivity index (χ1n) is 10.4. The maximum Gasteiger partial charge on any atom is 0.338 e. The number of fused-ring (bicyclic) bond motifs is 1. The average Bonchev–Trinajstić information content (AvgIpc) is 3.18. The number of thioether (sulfide) groups is 1. The third-order valence-electron chi connectivity index (χ3n) is 5.46. The highest BCUT2D eigenvalue weighted by molar-refractivity contribution is 8.16. The first-order chi connectivity index (χ1) is 15.3. The molecule has 9 heteroatoms. The van der Waals surface area contributed by atoms with Gasteiger partial charge in [0.1, 0.15) is 11.5 Å². The predicted octanol–water partition coefficient (Wildman–Crippen LogP) is 3.76. The molecule has 2 aliphatic heterocycles. The number of amidine groups is 1. The Morgan fingerprint density at radius 3 is 2.41 bits per heavy atom. The van der Waals surface area contributed by atoms with Gasteiger partial charge in [-0.25, -0.2) is 9.79 Å². The normalized spacial score (nSPS) is 18.4. The van der Waals surface area contributed by atoms with Gasteiger partial charge in [-0.2, -0.15) is 0 Å². The number of carbonyl (C=O) groups is 2. The van der Waals surface area contributed by atoms with Crippen LogP contribution >= 0.6 is 11.8 Å². The lowest BCUT2D eigenvalue weighted by atomic mass is 9.93. The number of benzene rings is 1. The van der Waals surface area contributed by atoms with Gasteiger partial charge < -0.3 is 24.4 Å². The molecule has 0 saturated heterocycles. The largest absolute Gasteiger partial charge is 0.497 e. The Bertz CT molecular complexity index is 979. The molecule has 3 rings (SSSR count). The van der Waals surface area contributed by atoms with Crippen LogP contribution in [0.3, 0.4) is 0 Å². The molecule has 2 aliphatic rings. The average molecular weight is 460 g/mol. The molecule has 2 heterocycles. The van der Waals surface area contributed by atoms with E-state index in [-0.39, 0.29) is 18.4 Å². The van der Waals surface area contributed by atoms with Crippen LogP contribution in [0.4, 0.5) is 0 Å². The fourth-order valence-electron chi connectivity index (χ4n) is 3.64. The molecule has 1 amide bonds. The number of hydrogen-bond acceptors (Lipinski definition) is 8. The minimum absolute atomic E-state index is 0.0814. The van der Waals surface area contributed by atoms with Crippen molar-refractivity contribution in [2.75, 3.05) is 21.3 Å². The Labute approximate surface area is 192 Å². The van der Waals surface area contributed by atoms with Crippen LogP contribution in [0.2, 0.25) is 0 Å². The predicted molar refractivity (Wildman–Crippen MR) is 124 cm³/mol. The van der Waals surface area contributed by atoms with E-state index in [2.05, 4.69) is 10.3 Å². The number of carbonyl (C=O) groups excluding carboxylic acids is 2. The number of nitrogens with zero attached hydrogens (tertiary/aromatic N) is 2. The molecule has 0 spiro atoms. The van der Waals surface area contributed by atoms with E-state index in [1.54, 1.807) is 27.2 Å². The molecular formula is C23H29N3O5S. The van der Waals surface area contributed by atoms with Crippen LogP contribution in [-0.2, 0) is 14.3 Å². The topological polar surface area (TPSA) is 89.5 Å². The van der Waals surface area contributed by atoms with Gasteiger partial charge in [-0.05, 0) is 43.4 Å². The molecule has 32 heavy (non-hydrogen) atoms. The fraction of sp³-hybridized carbons (Fsp3) is 0.435. The zero-order chi connectivity index (χ0) is 23.4. The van der Waals surface area contributed by atoms with Gasteiger partial charge in [-0.3, -0.25) is 4.79 Å². The van der Waals surface area contributed by atoms with Crippen molar-refractivity contribution in [3.05, 3.63) is 46.1 Å². The van der Waals surface area contributed by atoms with Crippen molar-refractivity contribution in [3.8, 4) is 11.5 Å². The summed E-state index contributed by atoms with van der Waals surface area (Å²) in [7, 11) is 4.50. The second-order valence-corrected chi connectivity index (χ2v) is 8.42. The van der Waals surface area contributed by atoms with E-state index >= 15 is 0 Å². The molecule has 0 radical (unpaired) electrons. The van der Waals surface area contributed by atoms with Crippen molar-refractivity contribution in [1.29, 1.82) is 0 Å². The molecule has 2 atom stereocenters. The SMILES string of the molecule is CC[C@H](C)NC(=O)CC1=CSC2=NC(C)=C(C(=O)OC)[C@@H](c3cc(OC)cc(OC)c3)N12. The zero-order valence-electron chi connectivity index (χ0n) is 19.2. The van der Waals surface area contributed by atoms with E-state index in [1.807, 2.05) is 36.3 Å². The summed E-state index contributed by atoms with van der Waals surface area (Å²) in [4.78, 5) is 32.0. The lowest BCUT2D eigenvalue weighted by Crippen LogP contribution is -2.39. The number of methoxy groups -OCH3 is 3. The zero-order valence-corrected chi connectivity index (χ0v) is 20.0. The molecule has 8 nitrogen and oxygen atoms in total. The summed E-state index contributed by atoms with van der Waals surface area (Å²) in [6.07, 6.45) is 1.01. The summed E-state index contributed by atoms with van der Waals surface area (Å²) in [5, 5.41) is 5.61. The minimum Gasteiger partial charge on any atom is -0.497 e. The molecule has 0 saturated carbocycles. The Morgan fingerprint density at radius 1 is 1.19 bits per heavy atom. The van der Waals surface area contributed by atoms with Gasteiger partial charge in [-0.15, -0.1) is 0 Å². The smallest absolute Gasteiger partial charge is 0.338 e. The molecule has 172 valence electrons. The maximum atomic E-state index is 12.8. The van der Waals surface area contributed by atoms with Gasteiger partial charge in [0.05, 0.1) is 45.1 Å². The van der Waals surface area contributed by atoms with Crippen molar-refractivity contribution in [3.63, 3.8) is 0 Å². The van der Waals surface area contributed by atoms with Crippen molar-refractivity contribution < 1.29 is 23.8 Å². The van der Waals surface area contributed by atoms with Crippen molar-refractivity contribution in [2.24, 2.45) is 4.99 Å². The van der Waals surface area contributed by atoms with Crippen molar-refractivity contribution >= 4 is 28.8 Å². The first-order valence-corrected chi connectivity index (χ1v) is 11.3. The number of esters is 1. The van der Waals surface area contributed by atoms with Gasteiger partial charge in [0.25, 0.3) is 0 Å². The van der Waals surface area contributed by atoms with Gasteiger partial charge in [-0.1, -0.05) is 18.7 Å². The van der Waals surface area contributed by atoms with Crippen LogP contribution < -0.4 is 14.8 Å². The van der Waals surface area contributed by atoms with Gasteiger partial charge >= 0.3 is 5.97 Å². The van der Waals surface area contributed by atoms with Crippen molar-refractivity contribution in [1.82, 2.24) is 10.2 Å². The number of allylic oxidation sites excluding steroid dienone is 1. The van der Waals surface area contributed by atoms with Crippen LogP contribution in [0.5, 0.6) is 11.5 Å². The Hall–Kier alpha value is -2.94. The Kier molecular flexibility index (Phi) is 7.50. The molecule has 0 unspecified atom stereocenters. The van der Waals surface area contributed by atoms with E-state index in [0.717, 1.165) is 17.7 Å². The number of rotatable bonds is 8. The third kappa shape index (κ3) is 4.77. The summed E-state index contributed by atoms with van der Waals surface area (Å²) in [5.74, 6) is 0.632. The highest BCUT2D eigenvalue weighted by Crippen LogP contribution is 2.46. The number of ether oxygens (including phenoxy) is 3. The summed E-state index contributed by atoms with van der Waals surface area (Å²) in [6.45, 7) is 5.78. The van der Waals surface area contributed by atoms with E-state index in [9.17, 15) is 9.59 Å². The van der Waals surface area contributed by atoms with Crippen molar-refractivity contribution in [2.45, 2.75) is 45.7 Å². The second kappa shape index (κ2) is 10.1. The molecular weight excluding hydrogens is 430 g/mol. The summed E-state index contributed by atoms with van der Waals surface area (Å²) in [5.41, 5.74) is 2.50. The van der Waals surface area contributed by atoms with Crippen LogP contribution in [0, 0.1) is 0 Å². The third-order valence-corrected chi connectivity index (χ3v) is 6.35. The van der Waals surface area contributed by atoms with Crippen LogP contribution in [0.15, 0.2) is 45.6 Å². The molecule has 1 aromatic rings. The second-order valence-electron chi connectivity index (χ2n) is 7.58. The summed E-state index contributed by atoms with van der Waals surface area (Å²) >= 11 is 1.43. The van der Waals surface area contributed by atoms with Gasteiger partial charge in [0.2, 0.25) is 5.91 Å². The van der Waals surface area contributed by atoms with E-state index in [4.69, 9.17) is 14.2 Å². The standard InChI is InChI=1S/C23H29N3O5S/c1-7-13(2)24-19(27)10-16-12-32-23-25-14(3)20(22(28)31-6)21(26(16)23)15-8-17(29-4)11-18(9-15)30-5/h8-9,11-13,21H,7,10H2,1-6H3,(H,24,27)/t13-,21+/m0/s1. The van der Waals surface area contributed by atoms with Gasteiger partial charge in [0, 0.05) is 17.8 Å². The maximum absolute atomic E-state index is 12.8. The number of nitrogens with one attached hydrogen (secondary N) is 1. The molecule has 0 bridgehead atoms. The molecule has 0 aromatic heterocycles. The first kappa shape index (κ1) is 23.7. The molecule has 0 fully saturated rings. The summed E-state index contributed by atoms with van der Waals surface area (Å²) < 4.78 is 16.0. The molecule has 0 aliphatic carbocycles. The van der Waals surface area contributed by atoms with Crippen LogP contribution in [0.1, 0.15) is 45.2 Å². The van der Waals surface area contributed by atoms with Crippen LogP contribution in [-0.4, -0.2) is 49.3 Å². The highest BCUT2D eigenvalue weighted by atomic mass is 32.2. The quantitative estimate of drug-likeness (QED) is 0.592. The van der Waals surface area contributed by atoms with E-state index in [1.165, 1.54) is 18.9 Å². The number of amides is 1. The molecule has 1 aromatic carbocycles.